The standard InChI is InChI=1S/C15H18ClN5O3/c1-10-19-13(24-20-10)2-3-17-14-12(16)8-11(9-18-14)15(22)21-4-6-23-7-5-21/h8-9H,2-7H2,1H3,(H,17,18). The second-order valence-electron chi connectivity index (χ2n) is 5.37. The Kier molecular flexibility index (Phi) is 5.27. The summed E-state index contributed by atoms with van der Waals surface area (Å²) in [6.07, 6.45) is 2.09. The molecule has 2 aromatic rings. The topological polar surface area (TPSA) is 93.4 Å². The zero-order valence-electron chi connectivity index (χ0n) is 13.3. The van der Waals surface area contributed by atoms with Crippen LogP contribution in [0.5, 0.6) is 0 Å². The molecule has 1 fully saturated rings. The van der Waals surface area contributed by atoms with Crippen LogP contribution in [0.15, 0.2) is 16.8 Å². The first-order valence-corrected chi connectivity index (χ1v) is 8.07. The molecule has 0 aliphatic carbocycles. The number of rotatable bonds is 5. The Morgan fingerprint density at radius 2 is 2.21 bits per heavy atom. The Morgan fingerprint density at radius 3 is 2.88 bits per heavy atom. The van der Waals surface area contributed by atoms with E-state index >= 15 is 0 Å². The number of nitrogens with one attached hydrogen (secondary N) is 1. The van der Waals surface area contributed by atoms with Gasteiger partial charge in [-0.25, -0.2) is 4.98 Å². The molecule has 9 heteroatoms. The number of morpholine rings is 1. The largest absolute Gasteiger partial charge is 0.378 e. The van der Waals surface area contributed by atoms with E-state index < -0.39 is 0 Å². The van der Waals surface area contributed by atoms with Gasteiger partial charge in [0.1, 0.15) is 5.82 Å². The summed E-state index contributed by atoms with van der Waals surface area (Å²) < 4.78 is 10.3. The van der Waals surface area contributed by atoms with Crippen LogP contribution in [0, 0.1) is 6.92 Å². The third-order valence-electron chi connectivity index (χ3n) is 3.59. The normalized spacial score (nSPS) is 14.7. The molecule has 0 radical (unpaired) electrons. The van der Waals surface area contributed by atoms with Crippen LogP contribution in [0.4, 0.5) is 5.82 Å². The number of hydrogen-bond donors (Lipinski definition) is 1. The summed E-state index contributed by atoms with van der Waals surface area (Å²) in [6.45, 7) is 4.59. The third-order valence-corrected chi connectivity index (χ3v) is 3.88. The van der Waals surface area contributed by atoms with Crippen LogP contribution < -0.4 is 5.32 Å². The lowest BCUT2D eigenvalue weighted by molar-refractivity contribution is 0.0302. The molecular weight excluding hydrogens is 334 g/mol. The number of ether oxygens (including phenoxy) is 1. The number of aromatic nitrogens is 3. The molecule has 1 amide bonds. The molecule has 3 heterocycles. The molecule has 0 spiro atoms. The van der Waals surface area contributed by atoms with Crippen LogP contribution >= 0.6 is 11.6 Å². The lowest BCUT2D eigenvalue weighted by atomic mass is 10.2. The maximum atomic E-state index is 12.4. The quantitative estimate of drug-likeness (QED) is 0.873. The predicted molar refractivity (Wildman–Crippen MR) is 87.2 cm³/mol. The minimum absolute atomic E-state index is 0.0828. The highest BCUT2D eigenvalue weighted by molar-refractivity contribution is 6.33. The molecule has 1 saturated heterocycles. The predicted octanol–water partition coefficient (Wildman–Crippen LogP) is 1.55. The van der Waals surface area contributed by atoms with Crippen molar-refractivity contribution in [3.05, 3.63) is 34.6 Å². The zero-order chi connectivity index (χ0) is 16.9. The number of pyridine rings is 1. The summed E-state index contributed by atoms with van der Waals surface area (Å²) in [5, 5.41) is 7.23. The average Bonchev–Trinajstić information content (AvgIpc) is 3.02. The van der Waals surface area contributed by atoms with Crippen molar-refractivity contribution in [3.63, 3.8) is 0 Å². The number of amides is 1. The second kappa shape index (κ2) is 7.59. The van der Waals surface area contributed by atoms with E-state index in [0.29, 0.717) is 67.4 Å². The van der Waals surface area contributed by atoms with Crippen LogP contribution in [0.3, 0.4) is 0 Å². The molecule has 128 valence electrons. The molecule has 3 rings (SSSR count). The fourth-order valence-electron chi connectivity index (χ4n) is 2.36. The van der Waals surface area contributed by atoms with Gasteiger partial charge >= 0.3 is 0 Å². The average molecular weight is 352 g/mol. The van der Waals surface area contributed by atoms with Gasteiger partial charge in [0.2, 0.25) is 5.89 Å². The van der Waals surface area contributed by atoms with Crippen molar-refractivity contribution < 1.29 is 14.1 Å². The van der Waals surface area contributed by atoms with Crippen molar-refractivity contribution in [2.24, 2.45) is 0 Å². The number of aryl methyl sites for hydroxylation is 1. The summed E-state index contributed by atoms with van der Waals surface area (Å²) >= 11 is 6.23. The molecule has 1 aliphatic heterocycles. The van der Waals surface area contributed by atoms with E-state index in [1.54, 1.807) is 17.9 Å². The maximum Gasteiger partial charge on any atom is 0.255 e. The van der Waals surface area contributed by atoms with Crippen molar-refractivity contribution in [2.75, 3.05) is 38.2 Å². The van der Waals surface area contributed by atoms with Gasteiger partial charge in [-0.3, -0.25) is 4.79 Å². The summed E-state index contributed by atoms with van der Waals surface area (Å²) in [7, 11) is 0. The number of carbonyl (C=O) groups is 1. The Bertz CT molecular complexity index is 715. The van der Waals surface area contributed by atoms with Crippen molar-refractivity contribution >= 4 is 23.3 Å². The van der Waals surface area contributed by atoms with Crippen molar-refractivity contribution in [1.29, 1.82) is 0 Å². The number of halogens is 1. The van der Waals surface area contributed by atoms with Gasteiger partial charge in [-0.05, 0) is 13.0 Å². The lowest BCUT2D eigenvalue weighted by Gasteiger charge is -2.26. The molecule has 0 saturated carbocycles. The number of nitrogens with zero attached hydrogens (tertiary/aromatic N) is 4. The molecular formula is C15H18ClN5O3. The van der Waals surface area contributed by atoms with Crippen LogP contribution in [0.25, 0.3) is 0 Å². The fraction of sp³-hybridized carbons (Fsp3) is 0.467. The SMILES string of the molecule is Cc1noc(CCNc2ncc(C(=O)N3CCOCC3)cc2Cl)n1. The Hall–Kier alpha value is -2.19. The van der Waals surface area contributed by atoms with E-state index in [4.69, 9.17) is 20.9 Å². The van der Waals surface area contributed by atoms with Gasteiger partial charge in [-0.1, -0.05) is 16.8 Å². The van der Waals surface area contributed by atoms with Gasteiger partial charge in [0, 0.05) is 32.3 Å². The van der Waals surface area contributed by atoms with Gasteiger partial charge in [0.05, 0.1) is 23.8 Å². The highest BCUT2D eigenvalue weighted by Crippen LogP contribution is 2.21. The molecule has 1 N–H and O–H groups in total. The molecule has 24 heavy (non-hydrogen) atoms. The minimum atomic E-state index is -0.0828. The van der Waals surface area contributed by atoms with E-state index in [1.165, 1.54) is 6.20 Å². The highest BCUT2D eigenvalue weighted by Gasteiger charge is 2.19. The van der Waals surface area contributed by atoms with E-state index in [-0.39, 0.29) is 5.91 Å². The fourth-order valence-corrected chi connectivity index (χ4v) is 2.60. The van der Waals surface area contributed by atoms with Crippen LogP contribution in [0.1, 0.15) is 22.1 Å². The first-order valence-electron chi connectivity index (χ1n) is 7.69. The third kappa shape index (κ3) is 4.01. The second-order valence-corrected chi connectivity index (χ2v) is 5.78. The van der Waals surface area contributed by atoms with E-state index in [1.807, 2.05) is 0 Å². The van der Waals surface area contributed by atoms with Crippen LogP contribution in [-0.4, -0.2) is 58.8 Å². The van der Waals surface area contributed by atoms with Gasteiger partial charge in [0.25, 0.3) is 5.91 Å². The monoisotopic (exact) mass is 351 g/mol. The summed E-state index contributed by atoms with van der Waals surface area (Å²) in [4.78, 5) is 22.5. The van der Waals surface area contributed by atoms with Gasteiger partial charge in [-0.2, -0.15) is 4.98 Å². The van der Waals surface area contributed by atoms with Crippen molar-refractivity contribution in [3.8, 4) is 0 Å². The van der Waals surface area contributed by atoms with E-state index in [0.717, 1.165) is 0 Å². The van der Waals surface area contributed by atoms with Crippen molar-refractivity contribution in [2.45, 2.75) is 13.3 Å². The molecule has 8 nitrogen and oxygen atoms in total. The first-order chi connectivity index (χ1) is 11.6. The highest BCUT2D eigenvalue weighted by atomic mass is 35.5. The molecule has 0 aromatic carbocycles. The summed E-state index contributed by atoms with van der Waals surface area (Å²) in [5.74, 6) is 1.59. The molecule has 0 bridgehead atoms. The number of carbonyl (C=O) groups excluding carboxylic acids is 1. The zero-order valence-corrected chi connectivity index (χ0v) is 14.0. The Morgan fingerprint density at radius 1 is 1.42 bits per heavy atom. The number of hydrogen-bond acceptors (Lipinski definition) is 7. The smallest absolute Gasteiger partial charge is 0.255 e. The van der Waals surface area contributed by atoms with Gasteiger partial charge in [-0.15, -0.1) is 0 Å². The Labute approximate surface area is 144 Å². The molecule has 2 aromatic heterocycles. The van der Waals surface area contributed by atoms with Gasteiger partial charge in [0.15, 0.2) is 5.82 Å². The summed E-state index contributed by atoms with van der Waals surface area (Å²) in [5.41, 5.74) is 0.472. The van der Waals surface area contributed by atoms with Gasteiger partial charge < -0.3 is 19.5 Å². The summed E-state index contributed by atoms with van der Waals surface area (Å²) in [6, 6.07) is 1.63. The first kappa shape index (κ1) is 16.7. The number of anilines is 1. The molecule has 0 atom stereocenters. The lowest BCUT2D eigenvalue weighted by Crippen LogP contribution is -2.40. The maximum absolute atomic E-state index is 12.4. The Balaban J connectivity index is 1.58. The van der Waals surface area contributed by atoms with E-state index in [9.17, 15) is 4.79 Å². The van der Waals surface area contributed by atoms with Crippen LogP contribution in [-0.2, 0) is 11.2 Å². The van der Waals surface area contributed by atoms with Crippen molar-refractivity contribution in [1.82, 2.24) is 20.0 Å². The molecule has 0 unspecified atom stereocenters. The molecule has 1 aliphatic rings. The van der Waals surface area contributed by atoms with Crippen LogP contribution in [0.2, 0.25) is 5.02 Å². The van der Waals surface area contributed by atoms with E-state index in [2.05, 4.69) is 20.4 Å². The minimum Gasteiger partial charge on any atom is -0.378 e.